The fourth-order valence-corrected chi connectivity index (χ4v) is 2.60. The summed E-state index contributed by atoms with van der Waals surface area (Å²) in [7, 11) is 0. The number of hydrogen-bond acceptors (Lipinski definition) is 3. The van der Waals surface area contributed by atoms with Gasteiger partial charge in [0, 0.05) is 10.6 Å². The van der Waals surface area contributed by atoms with Crippen molar-refractivity contribution in [1.29, 1.82) is 0 Å². The highest BCUT2D eigenvalue weighted by atomic mass is 35.5. The molecule has 25 heavy (non-hydrogen) atoms. The SMILES string of the molecule is CCOc1ccc(C)cc1C(C)NC(=O)CCOc1ccc(Cl)cc1. The lowest BCUT2D eigenvalue weighted by molar-refractivity contribution is -0.122. The van der Waals surface area contributed by atoms with Crippen molar-refractivity contribution in [1.82, 2.24) is 5.32 Å². The van der Waals surface area contributed by atoms with Crippen LogP contribution in [0.1, 0.15) is 37.4 Å². The summed E-state index contributed by atoms with van der Waals surface area (Å²) in [4.78, 5) is 12.2. The average Bonchev–Trinajstić information content (AvgIpc) is 2.58. The minimum atomic E-state index is -0.135. The molecule has 4 nitrogen and oxygen atoms in total. The molecule has 0 aromatic heterocycles. The first-order valence-corrected chi connectivity index (χ1v) is 8.78. The predicted molar refractivity (Wildman–Crippen MR) is 100 cm³/mol. The van der Waals surface area contributed by atoms with Gasteiger partial charge in [-0.1, -0.05) is 29.3 Å². The molecular formula is C20H24ClNO3. The summed E-state index contributed by atoms with van der Waals surface area (Å²) >= 11 is 5.83. The maximum Gasteiger partial charge on any atom is 0.223 e. The molecule has 0 spiro atoms. The van der Waals surface area contributed by atoms with E-state index in [0.29, 0.717) is 24.0 Å². The molecule has 0 bridgehead atoms. The largest absolute Gasteiger partial charge is 0.494 e. The molecule has 0 aliphatic rings. The van der Waals surface area contributed by atoms with Crippen molar-refractivity contribution >= 4 is 17.5 Å². The van der Waals surface area contributed by atoms with Gasteiger partial charge < -0.3 is 14.8 Å². The third kappa shape index (κ3) is 5.98. The van der Waals surface area contributed by atoms with E-state index in [1.54, 1.807) is 24.3 Å². The van der Waals surface area contributed by atoms with Crippen LogP contribution in [0.3, 0.4) is 0 Å². The van der Waals surface area contributed by atoms with E-state index in [-0.39, 0.29) is 18.4 Å². The fraction of sp³-hybridized carbons (Fsp3) is 0.350. The molecule has 2 aromatic rings. The van der Waals surface area contributed by atoms with Gasteiger partial charge in [-0.05, 0) is 51.1 Å². The Balaban J connectivity index is 1.87. The lowest BCUT2D eigenvalue weighted by Crippen LogP contribution is -2.28. The lowest BCUT2D eigenvalue weighted by atomic mass is 10.0. The van der Waals surface area contributed by atoms with Gasteiger partial charge in [-0.15, -0.1) is 0 Å². The molecular weight excluding hydrogens is 338 g/mol. The maximum absolute atomic E-state index is 12.2. The van der Waals surface area contributed by atoms with Gasteiger partial charge in [0.05, 0.1) is 25.7 Å². The van der Waals surface area contributed by atoms with Gasteiger partial charge >= 0.3 is 0 Å². The van der Waals surface area contributed by atoms with Crippen LogP contribution in [-0.2, 0) is 4.79 Å². The zero-order chi connectivity index (χ0) is 18.2. The number of rotatable bonds is 8. The van der Waals surface area contributed by atoms with Gasteiger partial charge in [0.2, 0.25) is 5.91 Å². The third-order valence-electron chi connectivity index (χ3n) is 3.72. The number of amides is 1. The minimum Gasteiger partial charge on any atom is -0.494 e. The molecule has 0 saturated heterocycles. The monoisotopic (exact) mass is 361 g/mol. The van der Waals surface area contributed by atoms with Crippen molar-refractivity contribution < 1.29 is 14.3 Å². The van der Waals surface area contributed by atoms with E-state index in [1.165, 1.54) is 0 Å². The van der Waals surface area contributed by atoms with Crippen molar-refractivity contribution in [3.05, 3.63) is 58.6 Å². The highest BCUT2D eigenvalue weighted by Gasteiger charge is 2.14. The second-order valence-corrected chi connectivity index (χ2v) is 6.25. The zero-order valence-corrected chi connectivity index (χ0v) is 15.6. The number of ether oxygens (including phenoxy) is 2. The lowest BCUT2D eigenvalue weighted by Gasteiger charge is -2.19. The number of hydrogen-bond donors (Lipinski definition) is 1. The molecule has 1 unspecified atom stereocenters. The quantitative estimate of drug-likeness (QED) is 0.741. The van der Waals surface area contributed by atoms with Crippen LogP contribution >= 0.6 is 11.6 Å². The standard InChI is InChI=1S/C20H24ClNO3/c1-4-24-19-10-5-14(2)13-18(19)15(3)22-20(23)11-12-25-17-8-6-16(21)7-9-17/h5-10,13,15H,4,11-12H2,1-3H3,(H,22,23). The molecule has 0 aliphatic heterocycles. The van der Waals surface area contributed by atoms with Crippen LogP contribution in [-0.4, -0.2) is 19.1 Å². The summed E-state index contributed by atoms with van der Waals surface area (Å²) in [5, 5.41) is 3.65. The van der Waals surface area contributed by atoms with E-state index >= 15 is 0 Å². The molecule has 5 heteroatoms. The zero-order valence-electron chi connectivity index (χ0n) is 14.8. The Bertz CT molecular complexity index is 701. The van der Waals surface area contributed by atoms with Crippen LogP contribution in [0.2, 0.25) is 5.02 Å². The Morgan fingerprint density at radius 1 is 1.16 bits per heavy atom. The molecule has 2 rings (SSSR count). The molecule has 0 radical (unpaired) electrons. The summed E-state index contributed by atoms with van der Waals surface area (Å²) in [6.45, 7) is 6.82. The van der Waals surface area contributed by atoms with E-state index in [0.717, 1.165) is 16.9 Å². The molecule has 0 fully saturated rings. The van der Waals surface area contributed by atoms with Crippen LogP contribution in [0, 0.1) is 6.92 Å². The summed E-state index contributed by atoms with van der Waals surface area (Å²) < 4.78 is 11.2. The number of halogens is 1. The highest BCUT2D eigenvalue weighted by Crippen LogP contribution is 2.26. The Morgan fingerprint density at radius 2 is 1.88 bits per heavy atom. The number of aryl methyl sites for hydroxylation is 1. The number of carbonyl (C=O) groups is 1. The third-order valence-corrected chi connectivity index (χ3v) is 3.97. The maximum atomic E-state index is 12.2. The number of carbonyl (C=O) groups excluding carboxylic acids is 1. The van der Waals surface area contributed by atoms with Crippen LogP contribution in [0.5, 0.6) is 11.5 Å². The van der Waals surface area contributed by atoms with E-state index in [4.69, 9.17) is 21.1 Å². The Hall–Kier alpha value is -2.20. The Labute approximate surface area is 154 Å². The van der Waals surface area contributed by atoms with Gasteiger partial charge in [-0.3, -0.25) is 4.79 Å². The second-order valence-electron chi connectivity index (χ2n) is 5.82. The van der Waals surface area contributed by atoms with Gasteiger partial charge in [-0.2, -0.15) is 0 Å². The number of benzene rings is 2. The Kier molecular flexibility index (Phi) is 7.14. The molecule has 0 heterocycles. The van der Waals surface area contributed by atoms with Gasteiger partial charge in [0.25, 0.3) is 0 Å². The van der Waals surface area contributed by atoms with Crippen LogP contribution in [0.15, 0.2) is 42.5 Å². The summed E-state index contributed by atoms with van der Waals surface area (Å²) in [5.41, 5.74) is 2.11. The van der Waals surface area contributed by atoms with E-state index < -0.39 is 0 Å². The Morgan fingerprint density at radius 3 is 2.56 bits per heavy atom. The van der Waals surface area contributed by atoms with Crippen molar-refractivity contribution in [2.45, 2.75) is 33.2 Å². The molecule has 2 aromatic carbocycles. The van der Waals surface area contributed by atoms with E-state index in [9.17, 15) is 4.79 Å². The molecule has 1 amide bonds. The van der Waals surface area contributed by atoms with Gasteiger partial charge in [0.1, 0.15) is 11.5 Å². The van der Waals surface area contributed by atoms with E-state index in [1.807, 2.05) is 39.0 Å². The number of nitrogens with one attached hydrogen (secondary N) is 1. The first-order valence-electron chi connectivity index (χ1n) is 8.40. The van der Waals surface area contributed by atoms with Crippen molar-refractivity contribution in [3.63, 3.8) is 0 Å². The van der Waals surface area contributed by atoms with Crippen LogP contribution in [0.4, 0.5) is 0 Å². The average molecular weight is 362 g/mol. The summed E-state index contributed by atoms with van der Waals surface area (Å²) in [6, 6.07) is 12.9. The first kappa shape index (κ1) is 19.1. The fourth-order valence-electron chi connectivity index (χ4n) is 2.48. The van der Waals surface area contributed by atoms with Crippen molar-refractivity contribution in [3.8, 4) is 11.5 Å². The van der Waals surface area contributed by atoms with Gasteiger partial charge in [0.15, 0.2) is 0 Å². The topological polar surface area (TPSA) is 47.6 Å². The molecule has 0 aliphatic carbocycles. The summed E-state index contributed by atoms with van der Waals surface area (Å²) in [6.07, 6.45) is 0.281. The van der Waals surface area contributed by atoms with Crippen LogP contribution < -0.4 is 14.8 Å². The minimum absolute atomic E-state index is 0.0644. The van der Waals surface area contributed by atoms with Crippen molar-refractivity contribution in [2.24, 2.45) is 0 Å². The first-order chi connectivity index (χ1) is 12.0. The van der Waals surface area contributed by atoms with E-state index in [2.05, 4.69) is 5.32 Å². The molecule has 1 N–H and O–H groups in total. The van der Waals surface area contributed by atoms with Crippen LogP contribution in [0.25, 0.3) is 0 Å². The normalized spacial score (nSPS) is 11.7. The molecule has 0 saturated carbocycles. The van der Waals surface area contributed by atoms with Crippen molar-refractivity contribution in [2.75, 3.05) is 13.2 Å². The highest BCUT2D eigenvalue weighted by molar-refractivity contribution is 6.30. The van der Waals surface area contributed by atoms with Gasteiger partial charge in [-0.25, -0.2) is 0 Å². The second kappa shape index (κ2) is 9.33. The summed E-state index contributed by atoms with van der Waals surface area (Å²) in [5.74, 6) is 1.44. The molecule has 134 valence electrons. The predicted octanol–water partition coefficient (Wildman–Crippen LogP) is 4.69. The smallest absolute Gasteiger partial charge is 0.223 e. The molecule has 1 atom stereocenters.